The van der Waals surface area contributed by atoms with E-state index in [0.29, 0.717) is 10.9 Å². The number of benzene rings is 2. The molecule has 0 atom stereocenters. The molecule has 0 saturated carbocycles. The molecule has 1 amide bonds. The number of carbonyl (C=O) groups is 1. The van der Waals surface area contributed by atoms with Crippen LogP contribution in [0, 0.1) is 0 Å². The minimum Gasteiger partial charge on any atom is -0.483 e. The van der Waals surface area contributed by atoms with Gasteiger partial charge in [0.25, 0.3) is 5.91 Å². The molecule has 0 fully saturated rings. The number of aromatic nitrogens is 1. The van der Waals surface area contributed by atoms with Crippen molar-refractivity contribution in [3.8, 4) is 17.0 Å². The Hall–Kier alpha value is -1.70. The summed E-state index contributed by atoms with van der Waals surface area (Å²) in [7, 11) is 0. The topological polar surface area (TPSA) is 51.2 Å². The zero-order chi connectivity index (χ0) is 19.2. The lowest BCUT2D eigenvalue weighted by Gasteiger charge is -2.09. The Kier molecular flexibility index (Phi) is 7.04. The minimum absolute atomic E-state index is 0.0705. The van der Waals surface area contributed by atoms with Crippen LogP contribution in [0.2, 0.25) is 0 Å². The number of nitrogens with one attached hydrogen (secondary N) is 1. The Labute approximate surface area is 179 Å². The molecule has 2 aromatic carbocycles. The van der Waals surface area contributed by atoms with Crippen LogP contribution in [0.5, 0.6) is 5.75 Å². The molecule has 3 aromatic rings. The third-order valence-electron chi connectivity index (χ3n) is 3.78. The van der Waals surface area contributed by atoms with Crippen molar-refractivity contribution in [2.45, 2.75) is 19.8 Å². The lowest BCUT2D eigenvalue weighted by molar-refractivity contribution is -0.118. The minimum atomic E-state index is -0.240. The number of amides is 1. The second-order valence-electron chi connectivity index (χ2n) is 5.90. The van der Waals surface area contributed by atoms with Crippen LogP contribution < -0.4 is 10.1 Å². The summed E-state index contributed by atoms with van der Waals surface area (Å²) < 4.78 is 7.49. The van der Waals surface area contributed by atoms with Crippen LogP contribution in [0.25, 0.3) is 11.3 Å². The number of anilines is 1. The van der Waals surface area contributed by atoms with E-state index in [1.165, 1.54) is 16.9 Å². The first-order valence-electron chi connectivity index (χ1n) is 8.47. The van der Waals surface area contributed by atoms with E-state index in [9.17, 15) is 4.79 Å². The molecule has 27 heavy (non-hydrogen) atoms. The standard InChI is InChI=1S/C20H18Br2N2O2S/c1-2-3-13-4-9-18(16(22)10-13)26-11-19(25)24-20-23-17(12-27-20)14-5-7-15(21)8-6-14/h4-10,12H,2-3,11H2,1H3,(H,23,24,25). The third kappa shape index (κ3) is 5.64. The van der Waals surface area contributed by atoms with E-state index >= 15 is 0 Å². The summed E-state index contributed by atoms with van der Waals surface area (Å²) in [4.78, 5) is 16.6. The van der Waals surface area contributed by atoms with Crippen molar-refractivity contribution in [3.63, 3.8) is 0 Å². The van der Waals surface area contributed by atoms with Crippen molar-refractivity contribution in [3.05, 3.63) is 62.4 Å². The van der Waals surface area contributed by atoms with E-state index in [0.717, 1.165) is 33.0 Å². The van der Waals surface area contributed by atoms with Crippen molar-refractivity contribution < 1.29 is 9.53 Å². The molecule has 1 N–H and O–H groups in total. The summed E-state index contributed by atoms with van der Waals surface area (Å²) in [6.07, 6.45) is 2.11. The molecule has 0 bridgehead atoms. The van der Waals surface area contributed by atoms with Crippen LogP contribution in [0.1, 0.15) is 18.9 Å². The normalized spacial score (nSPS) is 10.6. The van der Waals surface area contributed by atoms with E-state index in [4.69, 9.17) is 4.74 Å². The lowest BCUT2D eigenvalue weighted by atomic mass is 10.1. The lowest BCUT2D eigenvalue weighted by Crippen LogP contribution is -2.20. The van der Waals surface area contributed by atoms with Crippen LogP contribution in [0.15, 0.2) is 56.8 Å². The van der Waals surface area contributed by atoms with Gasteiger partial charge in [-0.15, -0.1) is 11.3 Å². The molecule has 0 aliphatic carbocycles. The summed E-state index contributed by atoms with van der Waals surface area (Å²) in [5.41, 5.74) is 3.07. The molecular formula is C20H18Br2N2O2S. The Morgan fingerprint density at radius 3 is 2.67 bits per heavy atom. The van der Waals surface area contributed by atoms with E-state index in [1.54, 1.807) is 0 Å². The number of halogens is 2. The molecule has 1 heterocycles. The van der Waals surface area contributed by atoms with Crippen LogP contribution >= 0.6 is 43.2 Å². The van der Waals surface area contributed by atoms with Gasteiger partial charge >= 0.3 is 0 Å². The van der Waals surface area contributed by atoms with Gasteiger partial charge < -0.3 is 4.74 Å². The number of ether oxygens (including phenoxy) is 1. The number of rotatable bonds is 7. The number of thiazole rings is 1. The largest absolute Gasteiger partial charge is 0.483 e. The SMILES string of the molecule is CCCc1ccc(OCC(=O)Nc2nc(-c3ccc(Br)cc3)cs2)c(Br)c1. The molecule has 3 rings (SSSR count). The number of hydrogen-bond donors (Lipinski definition) is 1. The van der Waals surface area contributed by atoms with Crippen molar-refractivity contribution in [2.75, 3.05) is 11.9 Å². The van der Waals surface area contributed by atoms with Gasteiger partial charge in [-0.05, 0) is 52.2 Å². The maximum absolute atomic E-state index is 12.2. The summed E-state index contributed by atoms with van der Waals surface area (Å²) in [5.74, 6) is 0.413. The highest BCUT2D eigenvalue weighted by Gasteiger charge is 2.10. The molecule has 0 saturated heterocycles. The van der Waals surface area contributed by atoms with Crippen molar-refractivity contribution >= 4 is 54.2 Å². The monoisotopic (exact) mass is 508 g/mol. The summed E-state index contributed by atoms with van der Waals surface area (Å²) in [6, 6.07) is 13.8. The van der Waals surface area contributed by atoms with Gasteiger partial charge in [-0.1, -0.05) is 47.5 Å². The number of aryl methyl sites for hydroxylation is 1. The molecule has 0 aliphatic rings. The van der Waals surface area contributed by atoms with Gasteiger partial charge in [-0.25, -0.2) is 4.98 Å². The van der Waals surface area contributed by atoms with Crippen LogP contribution in [0.4, 0.5) is 5.13 Å². The van der Waals surface area contributed by atoms with E-state index in [-0.39, 0.29) is 12.5 Å². The van der Waals surface area contributed by atoms with Gasteiger partial charge in [0.2, 0.25) is 0 Å². The van der Waals surface area contributed by atoms with Gasteiger partial charge in [0.15, 0.2) is 11.7 Å². The van der Waals surface area contributed by atoms with Crippen molar-refractivity contribution in [2.24, 2.45) is 0 Å². The molecule has 0 aliphatic heterocycles. The molecule has 0 radical (unpaired) electrons. The summed E-state index contributed by atoms with van der Waals surface area (Å²) >= 11 is 8.30. The number of hydrogen-bond acceptors (Lipinski definition) is 4. The first-order chi connectivity index (χ1) is 13.0. The highest BCUT2D eigenvalue weighted by atomic mass is 79.9. The average molecular weight is 510 g/mol. The van der Waals surface area contributed by atoms with E-state index in [1.807, 2.05) is 47.8 Å². The first kappa shape index (κ1) is 20.0. The molecule has 4 nitrogen and oxygen atoms in total. The predicted molar refractivity (Wildman–Crippen MR) is 118 cm³/mol. The zero-order valence-corrected chi connectivity index (χ0v) is 18.7. The second-order valence-corrected chi connectivity index (χ2v) is 8.52. The van der Waals surface area contributed by atoms with Gasteiger partial charge in [-0.3, -0.25) is 10.1 Å². The molecule has 140 valence electrons. The molecular weight excluding hydrogens is 492 g/mol. The van der Waals surface area contributed by atoms with Crippen LogP contribution in [-0.4, -0.2) is 17.5 Å². The summed E-state index contributed by atoms with van der Waals surface area (Å²) in [5, 5.41) is 5.26. The maximum atomic E-state index is 12.2. The van der Waals surface area contributed by atoms with Crippen molar-refractivity contribution in [1.29, 1.82) is 0 Å². The Morgan fingerprint density at radius 1 is 1.19 bits per heavy atom. The molecule has 7 heteroatoms. The average Bonchev–Trinajstić information content (AvgIpc) is 3.10. The van der Waals surface area contributed by atoms with Crippen LogP contribution in [-0.2, 0) is 11.2 Å². The Morgan fingerprint density at radius 2 is 1.96 bits per heavy atom. The maximum Gasteiger partial charge on any atom is 0.264 e. The fraction of sp³-hybridized carbons (Fsp3) is 0.200. The highest BCUT2D eigenvalue weighted by Crippen LogP contribution is 2.28. The predicted octanol–water partition coefficient (Wildman–Crippen LogP) is 6.31. The second kappa shape index (κ2) is 9.48. The van der Waals surface area contributed by atoms with Gasteiger partial charge in [0.05, 0.1) is 10.2 Å². The summed E-state index contributed by atoms with van der Waals surface area (Å²) in [6.45, 7) is 2.07. The first-order valence-corrected chi connectivity index (χ1v) is 10.9. The van der Waals surface area contributed by atoms with E-state index in [2.05, 4.69) is 49.1 Å². The number of carbonyl (C=O) groups excluding carboxylic acids is 1. The highest BCUT2D eigenvalue weighted by molar-refractivity contribution is 9.10. The quantitative estimate of drug-likeness (QED) is 0.406. The molecule has 0 spiro atoms. The number of nitrogens with zero attached hydrogens (tertiary/aromatic N) is 1. The Bertz CT molecular complexity index is 926. The van der Waals surface area contributed by atoms with E-state index < -0.39 is 0 Å². The molecule has 1 aromatic heterocycles. The smallest absolute Gasteiger partial charge is 0.264 e. The van der Waals surface area contributed by atoms with Gasteiger partial charge in [0.1, 0.15) is 5.75 Å². The van der Waals surface area contributed by atoms with Crippen molar-refractivity contribution in [1.82, 2.24) is 4.98 Å². The third-order valence-corrected chi connectivity index (χ3v) is 5.69. The molecule has 0 unspecified atom stereocenters. The van der Waals surface area contributed by atoms with Gasteiger partial charge in [-0.2, -0.15) is 0 Å². The van der Waals surface area contributed by atoms with Crippen LogP contribution in [0.3, 0.4) is 0 Å². The zero-order valence-electron chi connectivity index (χ0n) is 14.7. The fourth-order valence-electron chi connectivity index (χ4n) is 2.49. The van der Waals surface area contributed by atoms with Gasteiger partial charge in [0, 0.05) is 15.4 Å². The Balaban J connectivity index is 1.56. The fourth-order valence-corrected chi connectivity index (χ4v) is 4.03.